The molecule has 0 radical (unpaired) electrons. The van der Waals surface area contributed by atoms with E-state index in [-0.39, 0.29) is 23.8 Å². The van der Waals surface area contributed by atoms with E-state index in [0.717, 1.165) is 57.8 Å². The van der Waals surface area contributed by atoms with E-state index in [1.807, 2.05) is 0 Å². The molecule has 0 aromatic carbocycles. The third-order valence-corrected chi connectivity index (χ3v) is 4.11. The van der Waals surface area contributed by atoms with Crippen molar-refractivity contribution in [2.75, 3.05) is 13.2 Å². The van der Waals surface area contributed by atoms with Crippen LogP contribution in [0.4, 0.5) is 0 Å². The van der Waals surface area contributed by atoms with Crippen LogP contribution in [0.3, 0.4) is 0 Å². The Labute approximate surface area is 128 Å². The van der Waals surface area contributed by atoms with E-state index in [4.69, 9.17) is 9.47 Å². The van der Waals surface area contributed by atoms with Gasteiger partial charge in [-0.3, -0.25) is 9.59 Å². The quantitative estimate of drug-likeness (QED) is 0.479. The molecule has 1 aliphatic rings. The van der Waals surface area contributed by atoms with Gasteiger partial charge in [0.25, 0.3) is 0 Å². The molecule has 1 aliphatic carbocycles. The lowest BCUT2D eigenvalue weighted by Gasteiger charge is -2.28. The van der Waals surface area contributed by atoms with Gasteiger partial charge in [0.15, 0.2) is 0 Å². The average Bonchev–Trinajstić information content (AvgIpc) is 2.51. The lowest BCUT2D eigenvalue weighted by molar-refractivity contribution is -0.163. The van der Waals surface area contributed by atoms with Crippen LogP contribution in [0.15, 0.2) is 0 Å². The molecule has 0 aromatic rings. The summed E-state index contributed by atoms with van der Waals surface area (Å²) >= 11 is 0. The summed E-state index contributed by atoms with van der Waals surface area (Å²) in [7, 11) is 0. The van der Waals surface area contributed by atoms with Crippen molar-refractivity contribution in [1.29, 1.82) is 0 Å². The molecule has 21 heavy (non-hydrogen) atoms. The van der Waals surface area contributed by atoms with Crippen LogP contribution in [0.1, 0.15) is 71.6 Å². The fraction of sp³-hybridized carbons (Fsp3) is 0.882. The van der Waals surface area contributed by atoms with Crippen LogP contribution in [0, 0.1) is 11.8 Å². The van der Waals surface area contributed by atoms with Gasteiger partial charge >= 0.3 is 11.9 Å². The van der Waals surface area contributed by atoms with E-state index in [0.29, 0.717) is 13.2 Å². The molecule has 1 fully saturated rings. The van der Waals surface area contributed by atoms with Crippen molar-refractivity contribution in [3.63, 3.8) is 0 Å². The number of hydrogen-bond donors (Lipinski definition) is 0. The van der Waals surface area contributed by atoms with Crippen molar-refractivity contribution in [2.24, 2.45) is 11.8 Å². The summed E-state index contributed by atoms with van der Waals surface area (Å²) in [5.41, 5.74) is 0. The molecule has 122 valence electrons. The monoisotopic (exact) mass is 298 g/mol. The van der Waals surface area contributed by atoms with E-state index in [9.17, 15) is 9.59 Å². The minimum atomic E-state index is -0.297. The van der Waals surface area contributed by atoms with Crippen molar-refractivity contribution in [1.82, 2.24) is 0 Å². The summed E-state index contributed by atoms with van der Waals surface area (Å²) in [4.78, 5) is 24.3. The van der Waals surface area contributed by atoms with E-state index < -0.39 is 0 Å². The molecule has 1 rings (SSSR count). The highest BCUT2D eigenvalue weighted by atomic mass is 16.5. The molecule has 0 heterocycles. The number of ether oxygens (including phenoxy) is 2. The van der Waals surface area contributed by atoms with Crippen molar-refractivity contribution < 1.29 is 19.1 Å². The third kappa shape index (κ3) is 6.49. The van der Waals surface area contributed by atoms with Gasteiger partial charge in [-0.15, -0.1) is 0 Å². The zero-order chi connectivity index (χ0) is 15.5. The number of hydrogen-bond acceptors (Lipinski definition) is 4. The molecule has 2 atom stereocenters. The minimum Gasteiger partial charge on any atom is -0.465 e. The van der Waals surface area contributed by atoms with E-state index in [1.165, 1.54) is 0 Å². The molecule has 0 aromatic heterocycles. The molecule has 0 spiro atoms. The Hall–Kier alpha value is -1.06. The maximum absolute atomic E-state index is 12.2. The lowest BCUT2D eigenvalue weighted by atomic mass is 9.79. The zero-order valence-corrected chi connectivity index (χ0v) is 13.6. The van der Waals surface area contributed by atoms with Gasteiger partial charge in [-0.25, -0.2) is 0 Å². The highest BCUT2D eigenvalue weighted by molar-refractivity contribution is 5.82. The third-order valence-electron chi connectivity index (χ3n) is 4.11. The molecular weight excluding hydrogens is 268 g/mol. The van der Waals surface area contributed by atoms with Crippen molar-refractivity contribution >= 4 is 11.9 Å². The highest BCUT2D eigenvalue weighted by Gasteiger charge is 2.37. The van der Waals surface area contributed by atoms with E-state index >= 15 is 0 Å². The fourth-order valence-corrected chi connectivity index (χ4v) is 2.75. The molecule has 0 aliphatic heterocycles. The standard InChI is InChI=1S/C17H30O4/c1-3-5-9-13-21-17(19)15-11-8-7-10-14(15)16(18)20-12-6-4-2/h14-15H,3-13H2,1-2H3. The number of esters is 2. The maximum atomic E-state index is 12.2. The summed E-state index contributed by atoms with van der Waals surface area (Å²) in [6.07, 6.45) is 8.44. The Morgan fingerprint density at radius 2 is 1.29 bits per heavy atom. The Morgan fingerprint density at radius 3 is 1.76 bits per heavy atom. The summed E-state index contributed by atoms with van der Waals surface area (Å²) in [5.74, 6) is -1.01. The van der Waals surface area contributed by atoms with Gasteiger partial charge in [-0.05, 0) is 25.7 Å². The molecule has 4 nitrogen and oxygen atoms in total. The van der Waals surface area contributed by atoms with E-state index in [2.05, 4.69) is 13.8 Å². The van der Waals surface area contributed by atoms with Gasteiger partial charge in [0, 0.05) is 0 Å². The second kappa shape index (κ2) is 10.6. The molecule has 0 N–H and O–H groups in total. The van der Waals surface area contributed by atoms with Gasteiger partial charge in [0.05, 0.1) is 25.0 Å². The van der Waals surface area contributed by atoms with Crippen LogP contribution in [0.2, 0.25) is 0 Å². The predicted octanol–water partition coefficient (Wildman–Crippen LogP) is 3.87. The van der Waals surface area contributed by atoms with Gasteiger partial charge in [-0.2, -0.15) is 0 Å². The van der Waals surface area contributed by atoms with Gasteiger partial charge in [0.1, 0.15) is 0 Å². The Kier molecular flexibility index (Phi) is 9.11. The SMILES string of the molecule is CCCCCOC(=O)C1CCCCC1C(=O)OCCCC. The fourth-order valence-electron chi connectivity index (χ4n) is 2.75. The first-order valence-corrected chi connectivity index (χ1v) is 8.54. The van der Waals surface area contributed by atoms with Gasteiger partial charge in [-0.1, -0.05) is 46.0 Å². The first-order chi connectivity index (χ1) is 10.2. The normalized spacial score (nSPS) is 21.8. The highest BCUT2D eigenvalue weighted by Crippen LogP contribution is 2.32. The van der Waals surface area contributed by atoms with E-state index in [1.54, 1.807) is 0 Å². The molecule has 0 saturated heterocycles. The van der Waals surface area contributed by atoms with Crippen LogP contribution in [-0.4, -0.2) is 25.2 Å². The molecule has 2 unspecified atom stereocenters. The smallest absolute Gasteiger partial charge is 0.309 e. The molecule has 4 heteroatoms. The summed E-state index contributed by atoms with van der Waals surface area (Å²) in [6, 6.07) is 0. The maximum Gasteiger partial charge on any atom is 0.309 e. The van der Waals surface area contributed by atoms with Crippen LogP contribution in [-0.2, 0) is 19.1 Å². The molecule has 0 bridgehead atoms. The molecular formula is C17H30O4. The van der Waals surface area contributed by atoms with Crippen molar-refractivity contribution in [3.8, 4) is 0 Å². The molecule has 0 amide bonds. The Bertz CT molecular complexity index is 314. The summed E-state index contributed by atoms with van der Waals surface area (Å²) in [6.45, 7) is 5.11. The van der Waals surface area contributed by atoms with Gasteiger partial charge in [0.2, 0.25) is 0 Å². The van der Waals surface area contributed by atoms with Crippen LogP contribution in [0.25, 0.3) is 0 Å². The summed E-state index contributed by atoms with van der Waals surface area (Å²) < 4.78 is 10.6. The average molecular weight is 298 g/mol. The summed E-state index contributed by atoms with van der Waals surface area (Å²) in [5, 5.41) is 0. The number of carbonyl (C=O) groups excluding carboxylic acids is 2. The van der Waals surface area contributed by atoms with Crippen LogP contribution >= 0.6 is 0 Å². The van der Waals surface area contributed by atoms with Crippen molar-refractivity contribution in [2.45, 2.75) is 71.6 Å². The second-order valence-corrected chi connectivity index (χ2v) is 5.89. The Balaban J connectivity index is 2.43. The number of carbonyl (C=O) groups is 2. The number of rotatable bonds is 9. The zero-order valence-electron chi connectivity index (χ0n) is 13.6. The minimum absolute atomic E-state index is 0.205. The predicted molar refractivity (Wildman–Crippen MR) is 81.8 cm³/mol. The van der Waals surface area contributed by atoms with Crippen LogP contribution in [0.5, 0.6) is 0 Å². The van der Waals surface area contributed by atoms with Crippen LogP contribution < -0.4 is 0 Å². The second-order valence-electron chi connectivity index (χ2n) is 5.89. The van der Waals surface area contributed by atoms with Gasteiger partial charge < -0.3 is 9.47 Å². The first kappa shape index (κ1) is 18.0. The number of unbranched alkanes of at least 4 members (excludes halogenated alkanes) is 3. The topological polar surface area (TPSA) is 52.6 Å². The lowest BCUT2D eigenvalue weighted by Crippen LogP contribution is -2.35. The first-order valence-electron chi connectivity index (χ1n) is 8.54. The van der Waals surface area contributed by atoms with Crippen molar-refractivity contribution in [3.05, 3.63) is 0 Å². The molecule has 1 saturated carbocycles. The Morgan fingerprint density at radius 1 is 0.810 bits per heavy atom. The largest absolute Gasteiger partial charge is 0.465 e.